The van der Waals surface area contributed by atoms with Crippen LogP contribution in [0.2, 0.25) is 0 Å². The fourth-order valence-corrected chi connectivity index (χ4v) is 1.86. The molecule has 0 aliphatic heterocycles. The Bertz CT molecular complexity index is 335. The lowest BCUT2D eigenvalue weighted by Gasteiger charge is -1.97. The lowest BCUT2D eigenvalue weighted by molar-refractivity contribution is 0.572. The van der Waals surface area contributed by atoms with Crippen molar-refractivity contribution >= 4 is 0 Å². The van der Waals surface area contributed by atoms with Crippen LogP contribution in [0.4, 0.5) is 0 Å². The molecule has 1 aliphatic carbocycles. The van der Waals surface area contributed by atoms with E-state index in [1.165, 1.54) is 5.69 Å². The molecule has 3 heteroatoms. The van der Waals surface area contributed by atoms with Crippen molar-refractivity contribution in [2.75, 3.05) is 0 Å². The highest BCUT2D eigenvalue weighted by atomic mass is 16.1. The molecule has 1 aliphatic rings. The zero-order valence-electron chi connectivity index (χ0n) is 7.39. The van der Waals surface area contributed by atoms with Gasteiger partial charge in [0, 0.05) is 17.8 Å². The summed E-state index contributed by atoms with van der Waals surface area (Å²) in [5.74, 6) is 0. The van der Waals surface area contributed by atoms with Gasteiger partial charge in [0.25, 0.3) is 5.56 Å². The molecular formula is C9H14N2O. The van der Waals surface area contributed by atoms with Crippen LogP contribution in [0.3, 0.4) is 0 Å². The molecule has 1 aromatic heterocycles. The average Bonchev–Trinajstić information content (AvgIpc) is 2.58. The zero-order chi connectivity index (χ0) is 8.55. The number of hydrogen-bond acceptors (Lipinski definition) is 1. The van der Waals surface area contributed by atoms with Crippen molar-refractivity contribution in [1.82, 2.24) is 9.78 Å². The van der Waals surface area contributed by atoms with Gasteiger partial charge < -0.3 is 0 Å². The van der Waals surface area contributed by atoms with E-state index >= 15 is 0 Å². The zero-order valence-corrected chi connectivity index (χ0v) is 7.39. The molecular weight excluding hydrogens is 152 g/mol. The van der Waals surface area contributed by atoms with Crippen molar-refractivity contribution in [3.05, 3.63) is 21.6 Å². The van der Waals surface area contributed by atoms with E-state index in [9.17, 15) is 4.79 Å². The van der Waals surface area contributed by atoms with E-state index in [1.807, 2.05) is 0 Å². The number of nitrogens with one attached hydrogen (secondary N) is 1. The second kappa shape index (κ2) is 2.81. The van der Waals surface area contributed by atoms with Crippen molar-refractivity contribution in [3.63, 3.8) is 0 Å². The summed E-state index contributed by atoms with van der Waals surface area (Å²) in [4.78, 5) is 11.6. The highest BCUT2D eigenvalue weighted by Gasteiger charge is 2.18. The molecule has 0 atom stereocenters. The first-order chi connectivity index (χ1) is 5.83. The minimum absolute atomic E-state index is 0.212. The first kappa shape index (κ1) is 7.65. The number of hydrogen-bond donors (Lipinski definition) is 1. The maximum absolute atomic E-state index is 11.6. The van der Waals surface area contributed by atoms with E-state index in [0.717, 1.165) is 37.8 Å². The van der Waals surface area contributed by atoms with Gasteiger partial charge in [0.15, 0.2) is 0 Å². The fourth-order valence-electron chi connectivity index (χ4n) is 1.86. The monoisotopic (exact) mass is 166 g/mol. The quantitative estimate of drug-likeness (QED) is 0.701. The SMILES string of the molecule is CCCn1[nH]c2c(c1=O)CCC2. The molecule has 0 bridgehead atoms. The molecule has 12 heavy (non-hydrogen) atoms. The van der Waals surface area contributed by atoms with E-state index in [4.69, 9.17) is 0 Å². The van der Waals surface area contributed by atoms with Gasteiger partial charge in [-0.25, -0.2) is 0 Å². The van der Waals surface area contributed by atoms with Gasteiger partial charge in [0.2, 0.25) is 0 Å². The molecule has 66 valence electrons. The molecule has 0 amide bonds. The van der Waals surface area contributed by atoms with Crippen LogP contribution in [0.1, 0.15) is 31.0 Å². The third kappa shape index (κ3) is 1.00. The van der Waals surface area contributed by atoms with Gasteiger partial charge in [-0.15, -0.1) is 0 Å². The average molecular weight is 166 g/mol. The Labute approximate surface area is 71.4 Å². The van der Waals surface area contributed by atoms with Crippen molar-refractivity contribution < 1.29 is 0 Å². The van der Waals surface area contributed by atoms with Gasteiger partial charge in [-0.05, 0) is 25.7 Å². The van der Waals surface area contributed by atoms with Gasteiger partial charge in [-0.3, -0.25) is 14.6 Å². The summed E-state index contributed by atoms with van der Waals surface area (Å²) < 4.78 is 1.74. The molecule has 1 heterocycles. The Morgan fingerprint density at radius 1 is 1.50 bits per heavy atom. The summed E-state index contributed by atoms with van der Waals surface area (Å²) in [5, 5.41) is 3.17. The van der Waals surface area contributed by atoms with Crippen LogP contribution < -0.4 is 5.56 Å². The summed E-state index contributed by atoms with van der Waals surface area (Å²) in [6.45, 7) is 2.91. The summed E-state index contributed by atoms with van der Waals surface area (Å²) in [6.07, 6.45) is 4.19. The summed E-state index contributed by atoms with van der Waals surface area (Å²) in [7, 11) is 0. The third-order valence-corrected chi connectivity index (χ3v) is 2.44. The van der Waals surface area contributed by atoms with Crippen molar-refractivity contribution in [2.24, 2.45) is 0 Å². The summed E-state index contributed by atoms with van der Waals surface area (Å²) in [6, 6.07) is 0. The van der Waals surface area contributed by atoms with Gasteiger partial charge >= 0.3 is 0 Å². The maximum atomic E-state index is 11.6. The Balaban J connectivity index is 2.41. The highest BCUT2D eigenvalue weighted by Crippen LogP contribution is 2.15. The summed E-state index contributed by atoms with van der Waals surface area (Å²) in [5.41, 5.74) is 2.42. The summed E-state index contributed by atoms with van der Waals surface area (Å²) >= 11 is 0. The van der Waals surface area contributed by atoms with Crippen LogP contribution in [-0.4, -0.2) is 9.78 Å². The number of aryl methyl sites for hydroxylation is 2. The van der Waals surface area contributed by atoms with E-state index in [1.54, 1.807) is 4.68 Å². The third-order valence-electron chi connectivity index (χ3n) is 2.44. The van der Waals surface area contributed by atoms with Crippen molar-refractivity contribution in [2.45, 2.75) is 39.2 Å². The van der Waals surface area contributed by atoms with E-state index in [-0.39, 0.29) is 5.56 Å². The second-order valence-electron chi connectivity index (χ2n) is 3.38. The molecule has 2 rings (SSSR count). The van der Waals surface area contributed by atoms with E-state index in [2.05, 4.69) is 12.0 Å². The van der Waals surface area contributed by atoms with Crippen LogP contribution in [0.15, 0.2) is 4.79 Å². The molecule has 0 saturated heterocycles. The van der Waals surface area contributed by atoms with Crippen LogP contribution in [-0.2, 0) is 19.4 Å². The Kier molecular flexibility index (Phi) is 1.79. The van der Waals surface area contributed by atoms with Crippen LogP contribution >= 0.6 is 0 Å². The van der Waals surface area contributed by atoms with Gasteiger partial charge in [0.05, 0.1) is 0 Å². The Morgan fingerprint density at radius 3 is 3.00 bits per heavy atom. The van der Waals surface area contributed by atoms with Crippen molar-refractivity contribution in [1.29, 1.82) is 0 Å². The Morgan fingerprint density at radius 2 is 2.33 bits per heavy atom. The number of H-pyrrole nitrogens is 1. The lowest BCUT2D eigenvalue weighted by Crippen LogP contribution is -2.18. The molecule has 1 N–H and O–H groups in total. The fraction of sp³-hybridized carbons (Fsp3) is 0.667. The second-order valence-corrected chi connectivity index (χ2v) is 3.38. The number of nitrogens with zero attached hydrogens (tertiary/aromatic N) is 1. The molecule has 0 unspecified atom stereocenters. The normalized spacial score (nSPS) is 15.1. The van der Waals surface area contributed by atoms with Gasteiger partial charge in [-0.1, -0.05) is 6.92 Å². The van der Waals surface area contributed by atoms with Crippen LogP contribution in [0.25, 0.3) is 0 Å². The number of aromatic amines is 1. The van der Waals surface area contributed by atoms with E-state index in [0.29, 0.717) is 0 Å². The Hall–Kier alpha value is -0.990. The molecule has 0 spiro atoms. The molecule has 0 radical (unpaired) electrons. The number of aromatic nitrogens is 2. The van der Waals surface area contributed by atoms with Crippen LogP contribution in [0.5, 0.6) is 0 Å². The lowest BCUT2D eigenvalue weighted by atomic mass is 10.3. The van der Waals surface area contributed by atoms with Gasteiger partial charge in [-0.2, -0.15) is 0 Å². The number of fused-ring (bicyclic) bond motifs is 1. The first-order valence-electron chi connectivity index (χ1n) is 4.63. The van der Waals surface area contributed by atoms with E-state index < -0.39 is 0 Å². The minimum atomic E-state index is 0.212. The van der Waals surface area contributed by atoms with Crippen LogP contribution in [0, 0.1) is 0 Å². The molecule has 0 aromatic carbocycles. The highest BCUT2D eigenvalue weighted by molar-refractivity contribution is 5.22. The molecule has 3 nitrogen and oxygen atoms in total. The molecule has 0 fully saturated rings. The predicted octanol–water partition coefficient (Wildman–Crippen LogP) is 1.08. The number of rotatable bonds is 2. The maximum Gasteiger partial charge on any atom is 0.269 e. The first-order valence-corrected chi connectivity index (χ1v) is 4.63. The standard InChI is InChI=1S/C9H14N2O/c1-2-6-11-9(12)7-4-3-5-8(7)10-11/h10H,2-6H2,1H3. The smallest absolute Gasteiger partial charge is 0.269 e. The largest absolute Gasteiger partial charge is 0.299 e. The van der Waals surface area contributed by atoms with Gasteiger partial charge in [0.1, 0.15) is 0 Å². The van der Waals surface area contributed by atoms with Crippen molar-refractivity contribution in [3.8, 4) is 0 Å². The topological polar surface area (TPSA) is 37.8 Å². The predicted molar refractivity (Wildman–Crippen MR) is 47.4 cm³/mol. The molecule has 1 aromatic rings. The minimum Gasteiger partial charge on any atom is -0.299 e. The molecule has 0 saturated carbocycles.